The number of nitrogens with zero attached hydrogens (tertiary/aromatic N) is 3. The molecule has 0 saturated heterocycles. The van der Waals surface area contributed by atoms with Crippen molar-refractivity contribution in [2.75, 3.05) is 11.9 Å². The highest BCUT2D eigenvalue weighted by Crippen LogP contribution is 2.37. The number of hydrogen-bond donors (Lipinski definition) is 0. The minimum atomic E-state index is 0.410. The monoisotopic (exact) mass is 295 g/mol. The van der Waals surface area contributed by atoms with Crippen molar-refractivity contribution in [3.8, 4) is 0 Å². The van der Waals surface area contributed by atoms with E-state index in [0.29, 0.717) is 6.04 Å². The Morgan fingerprint density at radius 3 is 3.05 bits per heavy atom. The van der Waals surface area contributed by atoms with Gasteiger partial charge in [0.25, 0.3) is 0 Å². The van der Waals surface area contributed by atoms with Gasteiger partial charge in [0.05, 0.1) is 11.4 Å². The maximum Gasteiger partial charge on any atom is 0.141 e. The van der Waals surface area contributed by atoms with Crippen molar-refractivity contribution in [1.29, 1.82) is 0 Å². The topological polar surface area (TPSA) is 29.0 Å². The van der Waals surface area contributed by atoms with E-state index in [1.165, 1.54) is 30.4 Å². The van der Waals surface area contributed by atoms with E-state index in [4.69, 9.17) is 0 Å². The fourth-order valence-corrected chi connectivity index (χ4v) is 4.06. The Bertz CT molecular complexity index is 780. The second-order valence-corrected chi connectivity index (χ2v) is 6.45. The van der Waals surface area contributed by atoms with Gasteiger partial charge in [0, 0.05) is 7.05 Å². The van der Waals surface area contributed by atoms with E-state index in [2.05, 4.69) is 57.6 Å². The van der Waals surface area contributed by atoms with Gasteiger partial charge in [-0.15, -0.1) is 11.3 Å². The van der Waals surface area contributed by atoms with Gasteiger partial charge in [0.15, 0.2) is 0 Å². The minimum Gasteiger partial charge on any atom is -0.352 e. The van der Waals surface area contributed by atoms with Gasteiger partial charge >= 0.3 is 0 Å². The quantitative estimate of drug-likeness (QED) is 0.709. The molecule has 1 aliphatic carbocycles. The summed E-state index contributed by atoms with van der Waals surface area (Å²) in [7, 11) is 2.16. The molecule has 2 heterocycles. The summed E-state index contributed by atoms with van der Waals surface area (Å²) in [5.41, 5.74) is 2.93. The number of rotatable bonds is 2. The highest BCUT2D eigenvalue weighted by molar-refractivity contribution is 7.16. The Morgan fingerprint density at radius 2 is 2.10 bits per heavy atom. The molecule has 1 aliphatic rings. The maximum atomic E-state index is 4.55. The average molecular weight is 295 g/mol. The zero-order chi connectivity index (χ0) is 14.2. The van der Waals surface area contributed by atoms with Crippen LogP contribution in [0.1, 0.15) is 30.0 Å². The van der Waals surface area contributed by atoms with Crippen LogP contribution in [0.3, 0.4) is 0 Å². The molecule has 0 spiro atoms. The van der Waals surface area contributed by atoms with Gasteiger partial charge in [-0.3, -0.25) is 0 Å². The van der Waals surface area contributed by atoms with Crippen LogP contribution in [0.2, 0.25) is 0 Å². The number of aryl methyl sites for hydroxylation is 1. The molecule has 0 amide bonds. The molecule has 1 unspecified atom stereocenters. The van der Waals surface area contributed by atoms with E-state index >= 15 is 0 Å². The van der Waals surface area contributed by atoms with Gasteiger partial charge in [-0.2, -0.15) is 0 Å². The van der Waals surface area contributed by atoms with Crippen molar-refractivity contribution in [3.05, 3.63) is 53.2 Å². The molecule has 1 atom stereocenters. The van der Waals surface area contributed by atoms with Crippen molar-refractivity contribution in [1.82, 2.24) is 9.97 Å². The highest BCUT2D eigenvalue weighted by atomic mass is 32.1. The lowest BCUT2D eigenvalue weighted by Crippen LogP contribution is -2.28. The molecule has 3 nitrogen and oxygen atoms in total. The van der Waals surface area contributed by atoms with Gasteiger partial charge in [0.2, 0.25) is 0 Å². The fourth-order valence-electron chi connectivity index (χ4n) is 3.34. The van der Waals surface area contributed by atoms with E-state index in [-0.39, 0.29) is 0 Å². The van der Waals surface area contributed by atoms with Crippen molar-refractivity contribution < 1.29 is 0 Å². The first-order chi connectivity index (χ1) is 10.3. The van der Waals surface area contributed by atoms with E-state index in [0.717, 1.165) is 16.0 Å². The summed E-state index contributed by atoms with van der Waals surface area (Å²) in [6, 6.07) is 11.3. The molecule has 0 N–H and O–H groups in total. The number of thiophene rings is 1. The Hall–Kier alpha value is -1.94. The number of hydrogen-bond acceptors (Lipinski definition) is 4. The number of fused-ring (bicyclic) bond motifs is 2. The first-order valence-electron chi connectivity index (χ1n) is 7.33. The molecule has 0 aliphatic heterocycles. The summed E-state index contributed by atoms with van der Waals surface area (Å²) in [6.07, 6.45) is 5.30. The summed E-state index contributed by atoms with van der Waals surface area (Å²) in [5.74, 6) is 1.04. The minimum absolute atomic E-state index is 0.410. The van der Waals surface area contributed by atoms with Crippen LogP contribution in [-0.4, -0.2) is 17.0 Å². The summed E-state index contributed by atoms with van der Waals surface area (Å²) in [6.45, 7) is 0. The number of benzene rings is 1. The number of anilines is 1. The van der Waals surface area contributed by atoms with E-state index in [9.17, 15) is 0 Å². The van der Waals surface area contributed by atoms with Gasteiger partial charge in [-0.1, -0.05) is 24.3 Å². The second-order valence-electron chi connectivity index (χ2n) is 5.55. The molecular weight excluding hydrogens is 278 g/mol. The lowest BCUT2D eigenvalue weighted by Gasteiger charge is -2.34. The fraction of sp³-hybridized carbons (Fsp3) is 0.294. The molecule has 21 heavy (non-hydrogen) atoms. The summed E-state index contributed by atoms with van der Waals surface area (Å²) < 4.78 is 0. The van der Waals surface area contributed by atoms with Crippen molar-refractivity contribution in [2.24, 2.45) is 0 Å². The van der Waals surface area contributed by atoms with Gasteiger partial charge in [-0.25, -0.2) is 9.97 Å². The number of aromatic nitrogens is 2. The standard InChI is InChI=1S/C17H17N3S/c1-20(16-14-9-10-21-17(14)19-11-18-16)15-8-4-6-12-5-2-3-7-13(12)15/h2-3,5,7,9-11,15H,4,6,8H2,1H3. The molecule has 1 aromatic carbocycles. The van der Waals surface area contributed by atoms with Crippen LogP contribution in [0.5, 0.6) is 0 Å². The molecule has 4 rings (SSSR count). The van der Waals surface area contributed by atoms with Crippen molar-refractivity contribution in [2.45, 2.75) is 25.3 Å². The Balaban J connectivity index is 1.79. The third-order valence-electron chi connectivity index (χ3n) is 4.38. The Morgan fingerprint density at radius 1 is 1.19 bits per heavy atom. The molecular formula is C17H17N3S. The second kappa shape index (κ2) is 5.11. The predicted octanol–water partition coefficient (Wildman–Crippen LogP) is 4.21. The van der Waals surface area contributed by atoms with Crippen LogP contribution < -0.4 is 4.90 Å². The first-order valence-corrected chi connectivity index (χ1v) is 8.21. The molecule has 3 aromatic rings. The van der Waals surface area contributed by atoms with Crippen LogP contribution in [0.4, 0.5) is 5.82 Å². The van der Waals surface area contributed by atoms with E-state index in [1.807, 2.05) is 0 Å². The third-order valence-corrected chi connectivity index (χ3v) is 5.20. The van der Waals surface area contributed by atoms with E-state index < -0.39 is 0 Å². The molecule has 0 saturated carbocycles. The van der Waals surface area contributed by atoms with Crippen molar-refractivity contribution >= 4 is 27.4 Å². The SMILES string of the molecule is CN(c1ncnc2sccc12)C1CCCc2ccccc21. The average Bonchev–Trinajstić information content (AvgIpc) is 3.02. The van der Waals surface area contributed by atoms with Crippen LogP contribution in [0, 0.1) is 0 Å². The van der Waals surface area contributed by atoms with Crippen LogP contribution >= 0.6 is 11.3 Å². The largest absolute Gasteiger partial charge is 0.352 e. The summed E-state index contributed by atoms with van der Waals surface area (Å²) >= 11 is 1.67. The van der Waals surface area contributed by atoms with Gasteiger partial charge in [0.1, 0.15) is 17.0 Å². The third kappa shape index (κ3) is 2.10. The first kappa shape index (κ1) is 12.8. The Kier molecular flexibility index (Phi) is 3.11. The summed E-state index contributed by atoms with van der Waals surface area (Å²) in [4.78, 5) is 12.3. The van der Waals surface area contributed by atoms with Crippen LogP contribution in [-0.2, 0) is 6.42 Å². The molecule has 0 fully saturated rings. The smallest absolute Gasteiger partial charge is 0.141 e. The molecule has 0 radical (unpaired) electrons. The lowest BCUT2D eigenvalue weighted by atomic mass is 9.87. The zero-order valence-corrected chi connectivity index (χ0v) is 12.8. The lowest BCUT2D eigenvalue weighted by molar-refractivity contribution is 0.543. The van der Waals surface area contributed by atoms with Crippen LogP contribution in [0.15, 0.2) is 42.0 Å². The zero-order valence-electron chi connectivity index (χ0n) is 12.0. The normalized spacial score (nSPS) is 17.7. The van der Waals surface area contributed by atoms with Gasteiger partial charge in [-0.05, 0) is 41.8 Å². The molecule has 106 valence electrons. The Labute approximate surface area is 128 Å². The predicted molar refractivity (Wildman–Crippen MR) is 87.9 cm³/mol. The molecule has 4 heteroatoms. The van der Waals surface area contributed by atoms with E-state index in [1.54, 1.807) is 17.7 Å². The maximum absolute atomic E-state index is 4.55. The highest BCUT2D eigenvalue weighted by Gasteiger charge is 2.25. The summed E-state index contributed by atoms with van der Waals surface area (Å²) in [5, 5.41) is 3.25. The molecule has 2 aromatic heterocycles. The van der Waals surface area contributed by atoms with Crippen molar-refractivity contribution in [3.63, 3.8) is 0 Å². The van der Waals surface area contributed by atoms with Crippen LogP contribution in [0.25, 0.3) is 10.2 Å². The molecule has 0 bridgehead atoms. The van der Waals surface area contributed by atoms with Gasteiger partial charge < -0.3 is 4.90 Å².